The Morgan fingerprint density at radius 1 is 1.24 bits per heavy atom. The molecular formula is C18H25NO2. The number of carbonyl (C=O) groups excluding carboxylic acids is 1. The van der Waals surface area contributed by atoms with Gasteiger partial charge in [-0.05, 0) is 57.2 Å². The van der Waals surface area contributed by atoms with Crippen LogP contribution < -0.4 is 0 Å². The monoisotopic (exact) mass is 287 g/mol. The molecule has 0 amide bonds. The Kier molecular flexibility index (Phi) is 4.03. The molecule has 0 bridgehead atoms. The van der Waals surface area contributed by atoms with Crippen LogP contribution in [0.2, 0.25) is 0 Å². The Labute approximate surface area is 127 Å². The maximum absolute atomic E-state index is 12.2. The second-order valence-corrected chi connectivity index (χ2v) is 6.91. The molecule has 2 aliphatic carbocycles. The van der Waals surface area contributed by atoms with Gasteiger partial charge < -0.3 is 9.64 Å². The van der Waals surface area contributed by atoms with E-state index in [1.54, 1.807) is 0 Å². The van der Waals surface area contributed by atoms with E-state index in [9.17, 15) is 4.79 Å². The lowest BCUT2D eigenvalue weighted by molar-refractivity contribution is -0.147. The van der Waals surface area contributed by atoms with E-state index in [1.165, 1.54) is 25.7 Å². The van der Waals surface area contributed by atoms with Crippen molar-refractivity contribution in [2.45, 2.75) is 44.8 Å². The lowest BCUT2D eigenvalue weighted by Crippen LogP contribution is -2.33. The number of benzene rings is 1. The van der Waals surface area contributed by atoms with Gasteiger partial charge in [-0.1, -0.05) is 30.3 Å². The summed E-state index contributed by atoms with van der Waals surface area (Å²) in [6.07, 6.45) is 5.84. The summed E-state index contributed by atoms with van der Waals surface area (Å²) in [5.74, 6) is 0.173. The summed E-state index contributed by atoms with van der Waals surface area (Å²) < 4.78 is 5.50. The van der Waals surface area contributed by atoms with Crippen molar-refractivity contribution in [3.8, 4) is 0 Å². The van der Waals surface area contributed by atoms with Crippen LogP contribution in [0.1, 0.15) is 37.7 Å². The van der Waals surface area contributed by atoms with Crippen LogP contribution in [0.25, 0.3) is 0 Å². The van der Waals surface area contributed by atoms with Crippen LogP contribution >= 0.6 is 0 Å². The van der Waals surface area contributed by atoms with Crippen molar-refractivity contribution >= 4 is 5.97 Å². The fraction of sp³-hybridized carbons (Fsp3) is 0.611. The molecule has 0 aliphatic heterocycles. The zero-order valence-electron chi connectivity index (χ0n) is 13.0. The Morgan fingerprint density at radius 3 is 2.52 bits per heavy atom. The summed E-state index contributed by atoms with van der Waals surface area (Å²) >= 11 is 0. The Morgan fingerprint density at radius 2 is 1.90 bits per heavy atom. The van der Waals surface area contributed by atoms with Crippen LogP contribution in [0.5, 0.6) is 0 Å². The molecule has 1 aromatic carbocycles. The molecule has 1 atom stereocenters. The maximum atomic E-state index is 12.2. The van der Waals surface area contributed by atoms with Crippen LogP contribution in [0.3, 0.4) is 0 Å². The molecule has 2 fully saturated rings. The first-order chi connectivity index (χ1) is 10.1. The SMILES string of the molecule is CN(C)C1CCC2(CC1)CC2C(=O)OCc1ccccc1. The first kappa shape index (κ1) is 14.6. The highest BCUT2D eigenvalue weighted by atomic mass is 16.5. The molecule has 114 valence electrons. The Balaban J connectivity index is 1.48. The zero-order chi connectivity index (χ0) is 14.9. The van der Waals surface area contributed by atoms with Crippen molar-refractivity contribution in [1.82, 2.24) is 4.90 Å². The van der Waals surface area contributed by atoms with Crippen LogP contribution in [0.15, 0.2) is 30.3 Å². The number of hydrogen-bond acceptors (Lipinski definition) is 3. The van der Waals surface area contributed by atoms with E-state index in [2.05, 4.69) is 19.0 Å². The third-order valence-electron chi connectivity index (χ3n) is 5.38. The van der Waals surface area contributed by atoms with Gasteiger partial charge in [-0.15, -0.1) is 0 Å². The minimum atomic E-state index is 0.0159. The average Bonchev–Trinajstić information content (AvgIpc) is 3.20. The molecule has 0 heterocycles. The summed E-state index contributed by atoms with van der Waals surface area (Å²) in [4.78, 5) is 14.6. The second-order valence-electron chi connectivity index (χ2n) is 6.91. The third-order valence-corrected chi connectivity index (χ3v) is 5.38. The maximum Gasteiger partial charge on any atom is 0.309 e. The van der Waals surface area contributed by atoms with Gasteiger partial charge in [0, 0.05) is 6.04 Å². The molecule has 0 saturated heterocycles. The van der Waals surface area contributed by atoms with Gasteiger partial charge in [0.1, 0.15) is 6.61 Å². The number of hydrogen-bond donors (Lipinski definition) is 0. The summed E-state index contributed by atoms with van der Waals surface area (Å²) in [7, 11) is 4.31. The van der Waals surface area contributed by atoms with Gasteiger partial charge in [0.2, 0.25) is 0 Å². The number of ether oxygens (including phenoxy) is 1. The highest BCUT2D eigenvalue weighted by molar-refractivity contribution is 5.77. The van der Waals surface area contributed by atoms with Crippen molar-refractivity contribution in [3.63, 3.8) is 0 Å². The molecule has 1 unspecified atom stereocenters. The summed E-state index contributed by atoms with van der Waals surface area (Å²) in [6, 6.07) is 10.6. The largest absolute Gasteiger partial charge is 0.461 e. The van der Waals surface area contributed by atoms with Crippen molar-refractivity contribution in [3.05, 3.63) is 35.9 Å². The number of esters is 1. The Bertz CT molecular complexity index is 489. The molecule has 2 saturated carbocycles. The van der Waals surface area contributed by atoms with E-state index >= 15 is 0 Å². The molecule has 2 aliphatic rings. The molecule has 0 N–H and O–H groups in total. The van der Waals surface area contributed by atoms with E-state index in [4.69, 9.17) is 4.74 Å². The van der Waals surface area contributed by atoms with Crippen LogP contribution in [-0.4, -0.2) is 31.0 Å². The van der Waals surface area contributed by atoms with Crippen molar-refractivity contribution in [1.29, 1.82) is 0 Å². The minimum Gasteiger partial charge on any atom is -0.461 e. The molecule has 0 radical (unpaired) electrons. The smallest absolute Gasteiger partial charge is 0.309 e. The van der Waals surface area contributed by atoms with Gasteiger partial charge in [0.15, 0.2) is 0 Å². The van der Waals surface area contributed by atoms with Gasteiger partial charge >= 0.3 is 5.97 Å². The fourth-order valence-corrected chi connectivity index (χ4v) is 3.76. The molecule has 1 aromatic rings. The summed E-state index contributed by atoms with van der Waals surface area (Å²) in [5.41, 5.74) is 1.34. The number of nitrogens with zero attached hydrogens (tertiary/aromatic N) is 1. The van der Waals surface area contributed by atoms with E-state index in [1.807, 2.05) is 30.3 Å². The van der Waals surface area contributed by atoms with Gasteiger partial charge in [0.05, 0.1) is 5.92 Å². The first-order valence-electron chi connectivity index (χ1n) is 7.98. The summed E-state index contributed by atoms with van der Waals surface area (Å²) in [6.45, 7) is 0.409. The van der Waals surface area contributed by atoms with Crippen LogP contribution in [0.4, 0.5) is 0 Å². The van der Waals surface area contributed by atoms with E-state index in [0.717, 1.165) is 12.0 Å². The lowest BCUT2D eigenvalue weighted by atomic mass is 9.81. The predicted octanol–water partition coefficient (Wildman–Crippen LogP) is 3.24. The molecule has 0 aromatic heterocycles. The second kappa shape index (κ2) is 5.80. The highest BCUT2D eigenvalue weighted by Gasteiger charge is 2.59. The van der Waals surface area contributed by atoms with Gasteiger partial charge in [-0.2, -0.15) is 0 Å². The predicted molar refractivity (Wildman–Crippen MR) is 82.7 cm³/mol. The molecule has 3 heteroatoms. The summed E-state index contributed by atoms with van der Waals surface area (Å²) in [5, 5.41) is 0. The van der Waals surface area contributed by atoms with Crippen LogP contribution in [-0.2, 0) is 16.1 Å². The van der Waals surface area contributed by atoms with E-state index in [0.29, 0.717) is 12.6 Å². The fourth-order valence-electron chi connectivity index (χ4n) is 3.76. The Hall–Kier alpha value is -1.35. The average molecular weight is 287 g/mol. The van der Waals surface area contributed by atoms with E-state index in [-0.39, 0.29) is 17.3 Å². The van der Waals surface area contributed by atoms with Crippen LogP contribution in [0, 0.1) is 11.3 Å². The van der Waals surface area contributed by atoms with Crippen molar-refractivity contribution < 1.29 is 9.53 Å². The normalized spacial score (nSPS) is 31.4. The van der Waals surface area contributed by atoms with Gasteiger partial charge in [0.25, 0.3) is 0 Å². The lowest BCUT2D eigenvalue weighted by Gasteiger charge is -2.33. The zero-order valence-corrected chi connectivity index (χ0v) is 13.0. The number of rotatable bonds is 4. The third kappa shape index (κ3) is 3.13. The van der Waals surface area contributed by atoms with Crippen molar-refractivity contribution in [2.24, 2.45) is 11.3 Å². The number of carbonyl (C=O) groups is 1. The van der Waals surface area contributed by atoms with Crippen molar-refractivity contribution in [2.75, 3.05) is 14.1 Å². The first-order valence-corrected chi connectivity index (χ1v) is 7.98. The topological polar surface area (TPSA) is 29.5 Å². The van der Waals surface area contributed by atoms with Gasteiger partial charge in [-0.25, -0.2) is 0 Å². The molecule has 3 nitrogen and oxygen atoms in total. The molecular weight excluding hydrogens is 262 g/mol. The standard InChI is InChI=1S/C18H25NO2/c1-19(2)15-8-10-18(11-9-15)12-16(18)17(20)21-13-14-6-4-3-5-7-14/h3-7,15-16H,8-13H2,1-2H3. The minimum absolute atomic E-state index is 0.0159. The van der Waals surface area contributed by atoms with E-state index < -0.39 is 0 Å². The molecule has 1 spiro atoms. The quantitative estimate of drug-likeness (QED) is 0.796. The molecule has 3 rings (SSSR count). The highest BCUT2D eigenvalue weighted by Crippen LogP contribution is 2.62. The van der Waals surface area contributed by atoms with Gasteiger partial charge in [-0.3, -0.25) is 4.79 Å². The molecule has 21 heavy (non-hydrogen) atoms.